The molecule has 1 aliphatic heterocycles. The number of hydrogen-bond acceptors (Lipinski definition) is 4. The van der Waals surface area contributed by atoms with Crippen LogP contribution in [0.4, 0.5) is 0 Å². The first kappa shape index (κ1) is 11.6. The molecular formula is C10H19NO3. The predicted octanol–water partition coefficient (Wildman–Crippen LogP) is -0.0954. The number of aldehydes is 1. The lowest BCUT2D eigenvalue weighted by Crippen LogP contribution is -2.40. The zero-order valence-corrected chi connectivity index (χ0v) is 8.90. The van der Waals surface area contributed by atoms with E-state index in [1.807, 2.05) is 11.9 Å². The number of carbonyl (C=O) groups is 1. The lowest BCUT2D eigenvalue weighted by Gasteiger charge is -2.27. The normalized spacial score (nSPS) is 29.4. The molecule has 0 bridgehead atoms. The molecule has 1 heterocycles. The molecule has 4 heteroatoms. The van der Waals surface area contributed by atoms with Crippen LogP contribution in [0.5, 0.6) is 0 Å². The zero-order chi connectivity index (χ0) is 10.6. The highest BCUT2D eigenvalue weighted by Crippen LogP contribution is 2.26. The molecule has 0 saturated carbocycles. The SMILES string of the molecule is CC(O)CN(C)CC1(C=O)CCOC1. The molecule has 2 unspecified atom stereocenters. The van der Waals surface area contributed by atoms with Gasteiger partial charge >= 0.3 is 0 Å². The van der Waals surface area contributed by atoms with E-state index < -0.39 is 0 Å². The van der Waals surface area contributed by atoms with Crippen LogP contribution in [0.15, 0.2) is 0 Å². The number of aliphatic hydroxyl groups excluding tert-OH is 1. The first-order valence-corrected chi connectivity index (χ1v) is 4.99. The van der Waals surface area contributed by atoms with Gasteiger partial charge in [-0.15, -0.1) is 0 Å². The van der Waals surface area contributed by atoms with Crippen LogP contribution in [0.2, 0.25) is 0 Å². The third kappa shape index (κ3) is 3.04. The second-order valence-corrected chi connectivity index (χ2v) is 4.33. The Balaban J connectivity index is 2.43. The lowest BCUT2D eigenvalue weighted by atomic mass is 9.88. The van der Waals surface area contributed by atoms with Gasteiger partial charge in [-0.2, -0.15) is 0 Å². The van der Waals surface area contributed by atoms with Gasteiger partial charge in [-0.1, -0.05) is 0 Å². The summed E-state index contributed by atoms with van der Waals surface area (Å²) in [5, 5.41) is 9.19. The minimum Gasteiger partial charge on any atom is -0.392 e. The van der Waals surface area contributed by atoms with Gasteiger partial charge in [0.15, 0.2) is 0 Å². The Hall–Kier alpha value is -0.450. The number of likely N-dealkylation sites (N-methyl/N-ethyl adjacent to an activating group) is 1. The molecule has 1 fully saturated rings. The smallest absolute Gasteiger partial charge is 0.129 e. The van der Waals surface area contributed by atoms with Crippen molar-refractivity contribution in [3.05, 3.63) is 0 Å². The molecule has 4 nitrogen and oxygen atoms in total. The molecule has 1 rings (SSSR count). The van der Waals surface area contributed by atoms with E-state index in [4.69, 9.17) is 4.74 Å². The zero-order valence-electron chi connectivity index (χ0n) is 8.90. The van der Waals surface area contributed by atoms with Gasteiger partial charge in [-0.3, -0.25) is 0 Å². The molecule has 0 amide bonds. The highest BCUT2D eigenvalue weighted by atomic mass is 16.5. The molecular weight excluding hydrogens is 182 g/mol. The van der Waals surface area contributed by atoms with Crippen molar-refractivity contribution >= 4 is 6.29 Å². The summed E-state index contributed by atoms with van der Waals surface area (Å²) in [4.78, 5) is 13.0. The van der Waals surface area contributed by atoms with Crippen LogP contribution in [0, 0.1) is 5.41 Å². The lowest BCUT2D eigenvalue weighted by molar-refractivity contribution is -0.117. The Kier molecular flexibility index (Phi) is 4.04. The van der Waals surface area contributed by atoms with Crippen molar-refractivity contribution in [3.63, 3.8) is 0 Å². The maximum Gasteiger partial charge on any atom is 0.129 e. The molecule has 0 spiro atoms. The van der Waals surface area contributed by atoms with Gasteiger partial charge in [0.05, 0.1) is 18.1 Å². The van der Waals surface area contributed by atoms with Crippen molar-refractivity contribution in [3.8, 4) is 0 Å². The van der Waals surface area contributed by atoms with Crippen LogP contribution < -0.4 is 0 Å². The van der Waals surface area contributed by atoms with E-state index in [1.165, 1.54) is 0 Å². The van der Waals surface area contributed by atoms with E-state index in [2.05, 4.69) is 0 Å². The molecule has 1 saturated heterocycles. The summed E-state index contributed by atoms with van der Waals surface area (Å²) in [6, 6.07) is 0. The average Bonchev–Trinajstić information content (AvgIpc) is 2.52. The molecule has 14 heavy (non-hydrogen) atoms. The minimum atomic E-state index is -0.356. The number of nitrogens with zero attached hydrogens (tertiary/aromatic N) is 1. The van der Waals surface area contributed by atoms with Crippen molar-refractivity contribution in [2.75, 3.05) is 33.4 Å². The van der Waals surface area contributed by atoms with Gasteiger partial charge in [0, 0.05) is 19.7 Å². The summed E-state index contributed by atoms with van der Waals surface area (Å²) in [6.45, 7) is 4.19. The maximum absolute atomic E-state index is 11.0. The minimum absolute atomic E-state index is 0.344. The molecule has 82 valence electrons. The van der Waals surface area contributed by atoms with Crippen LogP contribution in [0.25, 0.3) is 0 Å². The third-order valence-electron chi connectivity index (χ3n) is 2.54. The number of ether oxygens (including phenoxy) is 1. The van der Waals surface area contributed by atoms with Crippen molar-refractivity contribution < 1.29 is 14.6 Å². The molecule has 2 atom stereocenters. The Labute approximate surface area is 84.8 Å². The third-order valence-corrected chi connectivity index (χ3v) is 2.54. The first-order chi connectivity index (χ1) is 6.58. The molecule has 0 aliphatic carbocycles. The molecule has 0 aromatic heterocycles. The highest BCUT2D eigenvalue weighted by molar-refractivity contribution is 5.60. The largest absolute Gasteiger partial charge is 0.392 e. The molecule has 1 N–H and O–H groups in total. The number of hydrogen-bond donors (Lipinski definition) is 1. The van der Waals surface area contributed by atoms with Crippen LogP contribution in [-0.4, -0.2) is 55.7 Å². The van der Waals surface area contributed by atoms with E-state index in [1.54, 1.807) is 6.92 Å². The summed E-state index contributed by atoms with van der Waals surface area (Å²) in [7, 11) is 1.91. The van der Waals surface area contributed by atoms with Gasteiger partial charge in [0.1, 0.15) is 6.29 Å². The second kappa shape index (κ2) is 4.87. The summed E-state index contributed by atoms with van der Waals surface area (Å²) < 4.78 is 5.24. The molecule has 0 aromatic rings. The van der Waals surface area contributed by atoms with Crippen LogP contribution >= 0.6 is 0 Å². The van der Waals surface area contributed by atoms with Gasteiger partial charge in [0.25, 0.3) is 0 Å². The quantitative estimate of drug-likeness (QED) is 0.631. The van der Waals surface area contributed by atoms with Crippen molar-refractivity contribution in [2.45, 2.75) is 19.4 Å². The monoisotopic (exact) mass is 201 g/mol. The number of aliphatic hydroxyl groups is 1. The Morgan fingerprint density at radius 3 is 2.86 bits per heavy atom. The average molecular weight is 201 g/mol. The first-order valence-electron chi connectivity index (χ1n) is 4.99. The van der Waals surface area contributed by atoms with Gasteiger partial charge in [0.2, 0.25) is 0 Å². The summed E-state index contributed by atoms with van der Waals surface area (Å²) >= 11 is 0. The highest BCUT2D eigenvalue weighted by Gasteiger charge is 2.35. The fourth-order valence-electron chi connectivity index (χ4n) is 1.93. The van der Waals surface area contributed by atoms with E-state index in [0.717, 1.165) is 12.7 Å². The van der Waals surface area contributed by atoms with E-state index in [-0.39, 0.29) is 11.5 Å². The maximum atomic E-state index is 11.0. The topological polar surface area (TPSA) is 49.8 Å². The van der Waals surface area contributed by atoms with Gasteiger partial charge in [-0.25, -0.2) is 0 Å². The van der Waals surface area contributed by atoms with Gasteiger partial charge < -0.3 is 19.5 Å². The van der Waals surface area contributed by atoms with Crippen molar-refractivity contribution in [1.82, 2.24) is 4.90 Å². The Morgan fingerprint density at radius 2 is 2.43 bits per heavy atom. The fraction of sp³-hybridized carbons (Fsp3) is 0.900. The standard InChI is InChI=1S/C10H19NO3/c1-9(13)5-11(2)6-10(7-12)3-4-14-8-10/h7,9,13H,3-6,8H2,1-2H3. The summed E-state index contributed by atoms with van der Waals surface area (Å²) in [5.74, 6) is 0. The molecule has 1 aliphatic rings. The van der Waals surface area contributed by atoms with Gasteiger partial charge in [-0.05, 0) is 20.4 Å². The van der Waals surface area contributed by atoms with Crippen LogP contribution in [0.1, 0.15) is 13.3 Å². The van der Waals surface area contributed by atoms with E-state index in [9.17, 15) is 9.90 Å². The Morgan fingerprint density at radius 1 is 1.71 bits per heavy atom. The molecule has 0 aromatic carbocycles. The second-order valence-electron chi connectivity index (χ2n) is 4.33. The number of rotatable bonds is 5. The number of carbonyl (C=O) groups excluding carboxylic acids is 1. The fourth-order valence-corrected chi connectivity index (χ4v) is 1.93. The van der Waals surface area contributed by atoms with E-state index >= 15 is 0 Å². The predicted molar refractivity (Wildman–Crippen MR) is 53.1 cm³/mol. The molecule has 0 radical (unpaired) electrons. The van der Waals surface area contributed by atoms with Crippen molar-refractivity contribution in [1.29, 1.82) is 0 Å². The summed E-state index contributed by atoms with van der Waals surface area (Å²) in [6.07, 6.45) is 1.44. The Bertz CT molecular complexity index is 188. The summed E-state index contributed by atoms with van der Waals surface area (Å²) in [5.41, 5.74) is -0.344. The van der Waals surface area contributed by atoms with Crippen LogP contribution in [-0.2, 0) is 9.53 Å². The van der Waals surface area contributed by atoms with Crippen LogP contribution in [0.3, 0.4) is 0 Å². The van der Waals surface area contributed by atoms with Crippen molar-refractivity contribution in [2.24, 2.45) is 5.41 Å². The van der Waals surface area contributed by atoms with E-state index in [0.29, 0.717) is 26.3 Å².